The second-order valence-electron chi connectivity index (χ2n) is 4.52. The average Bonchev–Trinajstić information content (AvgIpc) is 2.25. The molecule has 1 atom stereocenters. The van der Waals surface area contributed by atoms with Crippen LogP contribution >= 0.6 is 0 Å². The Morgan fingerprint density at radius 3 is 1.68 bits per heavy atom. The highest BCUT2D eigenvalue weighted by atomic mass is 19.4. The van der Waals surface area contributed by atoms with Gasteiger partial charge in [-0.1, -0.05) is 0 Å². The summed E-state index contributed by atoms with van der Waals surface area (Å²) in [7, 11) is 0. The van der Waals surface area contributed by atoms with Crippen LogP contribution in [0.3, 0.4) is 0 Å². The van der Waals surface area contributed by atoms with Gasteiger partial charge in [0.05, 0.1) is 13.0 Å². The number of hydrogen-bond donors (Lipinski definition) is 1. The molecule has 3 nitrogen and oxygen atoms in total. The SMILES string of the molecule is CCOC(=O)C(C)(O)CC(F)(F)C(F)(F)C(F)(F)C(F)(F)F. The minimum atomic E-state index is -7.08. The smallest absolute Gasteiger partial charge is 0.460 e. The lowest BCUT2D eigenvalue weighted by atomic mass is 9.91. The highest BCUT2D eigenvalue weighted by Gasteiger charge is 2.82. The minimum Gasteiger partial charge on any atom is -0.464 e. The van der Waals surface area contributed by atoms with Crippen LogP contribution in [0.2, 0.25) is 0 Å². The Morgan fingerprint density at radius 1 is 0.955 bits per heavy atom. The van der Waals surface area contributed by atoms with Crippen molar-refractivity contribution in [3.63, 3.8) is 0 Å². The first-order chi connectivity index (χ1) is 9.44. The van der Waals surface area contributed by atoms with Crippen LogP contribution in [-0.4, -0.2) is 47.2 Å². The molecule has 0 radical (unpaired) electrons. The van der Waals surface area contributed by atoms with Crippen LogP contribution in [0.1, 0.15) is 20.3 Å². The number of hydrogen-bond acceptors (Lipinski definition) is 3. The van der Waals surface area contributed by atoms with Gasteiger partial charge in [0.2, 0.25) is 0 Å². The lowest BCUT2D eigenvalue weighted by molar-refractivity contribution is -0.399. The van der Waals surface area contributed by atoms with Gasteiger partial charge in [-0.05, 0) is 13.8 Å². The summed E-state index contributed by atoms with van der Waals surface area (Å²) in [6.07, 6.45) is -9.66. The highest BCUT2D eigenvalue weighted by molar-refractivity contribution is 5.78. The summed E-state index contributed by atoms with van der Waals surface area (Å²) < 4.78 is 117. The highest BCUT2D eigenvalue weighted by Crippen LogP contribution is 2.54. The van der Waals surface area contributed by atoms with Gasteiger partial charge in [0.1, 0.15) is 0 Å². The van der Waals surface area contributed by atoms with E-state index in [2.05, 4.69) is 4.74 Å². The van der Waals surface area contributed by atoms with Crippen LogP contribution in [0, 0.1) is 0 Å². The van der Waals surface area contributed by atoms with Crippen molar-refractivity contribution in [3.05, 3.63) is 0 Å². The molecule has 0 spiro atoms. The quantitative estimate of drug-likeness (QED) is 0.591. The molecule has 0 fully saturated rings. The zero-order valence-electron chi connectivity index (χ0n) is 11.1. The molecule has 0 amide bonds. The fourth-order valence-corrected chi connectivity index (χ4v) is 1.31. The molecule has 0 heterocycles. The maximum atomic E-state index is 13.2. The van der Waals surface area contributed by atoms with E-state index < -0.39 is 48.5 Å². The Bertz CT molecular complexity index is 414. The Morgan fingerprint density at radius 2 is 1.36 bits per heavy atom. The van der Waals surface area contributed by atoms with Crippen molar-refractivity contribution < 1.29 is 54.2 Å². The number of esters is 1. The predicted octanol–water partition coefficient (Wildman–Crippen LogP) is 3.16. The molecule has 0 aromatic heterocycles. The van der Waals surface area contributed by atoms with Crippen LogP contribution < -0.4 is 0 Å². The first-order valence-corrected chi connectivity index (χ1v) is 5.54. The molecule has 12 heteroatoms. The van der Waals surface area contributed by atoms with Gasteiger partial charge in [-0.3, -0.25) is 0 Å². The van der Waals surface area contributed by atoms with Crippen LogP contribution in [0.4, 0.5) is 39.5 Å². The molecule has 132 valence electrons. The van der Waals surface area contributed by atoms with Gasteiger partial charge in [0, 0.05) is 0 Å². The molecule has 0 rings (SSSR count). The number of aliphatic hydroxyl groups is 1. The van der Waals surface area contributed by atoms with E-state index in [1.54, 1.807) is 0 Å². The normalized spacial score (nSPS) is 17.1. The summed E-state index contributed by atoms with van der Waals surface area (Å²) in [4.78, 5) is 11.1. The van der Waals surface area contributed by atoms with Gasteiger partial charge >= 0.3 is 29.9 Å². The van der Waals surface area contributed by atoms with Crippen molar-refractivity contribution in [2.45, 2.75) is 49.8 Å². The summed E-state index contributed by atoms with van der Waals surface area (Å²) in [5.41, 5.74) is -3.40. The van der Waals surface area contributed by atoms with E-state index in [-0.39, 0.29) is 6.92 Å². The van der Waals surface area contributed by atoms with Crippen molar-refractivity contribution in [1.82, 2.24) is 0 Å². The standard InChI is InChI=1S/C10H11F9O3/c1-3-22-5(20)6(2,21)4-7(11,12)8(13,14)9(15,16)10(17,18)19/h21H,3-4H2,1-2H3. The third kappa shape index (κ3) is 3.58. The van der Waals surface area contributed by atoms with E-state index in [1.807, 2.05) is 0 Å². The molecule has 0 saturated heterocycles. The third-order valence-corrected chi connectivity index (χ3v) is 2.49. The van der Waals surface area contributed by atoms with E-state index in [4.69, 9.17) is 0 Å². The molecular weight excluding hydrogens is 339 g/mol. The van der Waals surface area contributed by atoms with Crippen molar-refractivity contribution in [2.75, 3.05) is 6.61 Å². The van der Waals surface area contributed by atoms with E-state index in [9.17, 15) is 49.4 Å². The summed E-state index contributed by atoms with van der Waals surface area (Å²) in [6, 6.07) is 0. The van der Waals surface area contributed by atoms with Crippen LogP contribution in [0.25, 0.3) is 0 Å². The first kappa shape index (κ1) is 20.8. The van der Waals surface area contributed by atoms with Crippen LogP contribution in [-0.2, 0) is 9.53 Å². The number of carbonyl (C=O) groups excluding carboxylic acids is 1. The summed E-state index contributed by atoms with van der Waals surface area (Å²) >= 11 is 0. The Kier molecular flexibility index (Phi) is 5.46. The van der Waals surface area contributed by atoms with E-state index in [0.29, 0.717) is 0 Å². The first-order valence-electron chi connectivity index (χ1n) is 5.54. The van der Waals surface area contributed by atoms with Gasteiger partial charge in [0.15, 0.2) is 5.60 Å². The van der Waals surface area contributed by atoms with Gasteiger partial charge in [0.25, 0.3) is 0 Å². The molecular formula is C10H11F9O3. The molecule has 0 saturated carbocycles. The van der Waals surface area contributed by atoms with E-state index in [1.165, 1.54) is 0 Å². The van der Waals surface area contributed by atoms with Crippen molar-refractivity contribution in [1.29, 1.82) is 0 Å². The number of halogens is 9. The predicted molar refractivity (Wildman–Crippen MR) is 52.8 cm³/mol. The largest absolute Gasteiger partial charge is 0.464 e. The number of alkyl halides is 9. The molecule has 0 bridgehead atoms. The van der Waals surface area contributed by atoms with Crippen molar-refractivity contribution in [2.24, 2.45) is 0 Å². The molecule has 0 aromatic rings. The lowest BCUT2D eigenvalue weighted by Gasteiger charge is -2.36. The molecule has 22 heavy (non-hydrogen) atoms. The number of ether oxygens (including phenoxy) is 1. The summed E-state index contributed by atoms with van der Waals surface area (Å²) in [5, 5.41) is 9.27. The number of rotatable bonds is 6. The van der Waals surface area contributed by atoms with Crippen LogP contribution in [0.5, 0.6) is 0 Å². The summed E-state index contributed by atoms with van der Waals surface area (Å²) in [6.45, 7) is 0.898. The minimum absolute atomic E-state index is 0.223. The van der Waals surface area contributed by atoms with Crippen LogP contribution in [0.15, 0.2) is 0 Å². The zero-order valence-corrected chi connectivity index (χ0v) is 11.1. The van der Waals surface area contributed by atoms with Crippen molar-refractivity contribution >= 4 is 5.97 Å². The Balaban J connectivity index is 5.60. The second kappa shape index (κ2) is 5.78. The number of carbonyl (C=O) groups is 1. The third-order valence-electron chi connectivity index (χ3n) is 2.49. The second-order valence-corrected chi connectivity index (χ2v) is 4.52. The van der Waals surface area contributed by atoms with Gasteiger partial charge < -0.3 is 9.84 Å². The molecule has 1 N–H and O–H groups in total. The molecule has 0 aliphatic heterocycles. The Labute approximate surface area is 118 Å². The zero-order chi connectivity index (χ0) is 18.2. The lowest BCUT2D eigenvalue weighted by Crippen LogP contribution is -2.62. The maximum absolute atomic E-state index is 13.2. The van der Waals surface area contributed by atoms with Gasteiger partial charge in [-0.2, -0.15) is 39.5 Å². The van der Waals surface area contributed by atoms with Gasteiger partial charge in [-0.15, -0.1) is 0 Å². The molecule has 0 aliphatic carbocycles. The van der Waals surface area contributed by atoms with E-state index >= 15 is 0 Å². The fraction of sp³-hybridized carbons (Fsp3) is 0.900. The monoisotopic (exact) mass is 350 g/mol. The fourth-order valence-electron chi connectivity index (χ4n) is 1.31. The average molecular weight is 350 g/mol. The molecule has 1 unspecified atom stereocenters. The molecule has 0 aromatic carbocycles. The maximum Gasteiger partial charge on any atom is 0.460 e. The summed E-state index contributed by atoms with van der Waals surface area (Å²) in [5.74, 6) is -21.9. The van der Waals surface area contributed by atoms with Crippen molar-refractivity contribution in [3.8, 4) is 0 Å². The van der Waals surface area contributed by atoms with Gasteiger partial charge in [-0.25, -0.2) is 4.79 Å². The Hall–Kier alpha value is -1.20. The topological polar surface area (TPSA) is 46.5 Å². The van der Waals surface area contributed by atoms with E-state index in [0.717, 1.165) is 6.92 Å². The molecule has 0 aliphatic rings.